The number of likely N-dealkylation sites (tertiary alicyclic amines) is 1. The van der Waals surface area contributed by atoms with E-state index in [0.717, 1.165) is 52.9 Å². The topological polar surface area (TPSA) is 151 Å². The van der Waals surface area contributed by atoms with Gasteiger partial charge in [0, 0.05) is 24.1 Å². The van der Waals surface area contributed by atoms with Crippen molar-refractivity contribution in [2.24, 2.45) is 10.6 Å². The van der Waals surface area contributed by atoms with E-state index in [0.29, 0.717) is 41.7 Å². The van der Waals surface area contributed by atoms with Crippen LogP contribution in [-0.2, 0) is 36.8 Å². The summed E-state index contributed by atoms with van der Waals surface area (Å²) >= 11 is 6.07. The molecule has 3 aliphatic rings. The minimum atomic E-state index is -4.28. The first kappa shape index (κ1) is 35.5. The third-order valence-electron chi connectivity index (χ3n) is 10.1. The number of fused-ring (bicyclic) bond motifs is 2. The Hall–Kier alpha value is -3.95. The number of imidazole rings is 1. The smallest absolute Gasteiger partial charge is 0.326 e. The third kappa shape index (κ3) is 6.99. The normalized spacial score (nSPS) is 22.0. The van der Waals surface area contributed by atoms with Crippen molar-refractivity contribution in [3.05, 3.63) is 76.8 Å². The predicted molar refractivity (Wildman–Crippen MR) is 192 cm³/mol. The zero-order valence-corrected chi connectivity index (χ0v) is 30.7. The molecule has 2 N–H and O–H groups in total. The Labute approximate surface area is 302 Å². The molecule has 0 radical (unpaired) electrons. The van der Waals surface area contributed by atoms with E-state index < -0.39 is 28.5 Å². The van der Waals surface area contributed by atoms with Gasteiger partial charge >= 0.3 is 5.97 Å². The number of anilines is 1. The standard InChI is InChI=1S/C36H43ClN6O7S/c1-5-48-33(44)20-42(51(38,45)46)25-10-11-27-28(17-25)43(31-21-47-22-35(31,2)3)32(40-27)19-41-15-13-23(14-16-41)26-7-6-8-29-34(26)50-36(4,49-29)30-12-9-24(37)18-39-30/h6-12,17-18,23,31H,5,13-16,19-22H2,1-4H3,(H2,38,45,46)/t31-,36+/m1/s1. The van der Waals surface area contributed by atoms with Crippen molar-refractivity contribution in [3.8, 4) is 11.5 Å². The maximum atomic E-state index is 12.6. The van der Waals surface area contributed by atoms with E-state index in [9.17, 15) is 13.2 Å². The van der Waals surface area contributed by atoms with Gasteiger partial charge in [0.25, 0.3) is 16.0 Å². The number of aromatic nitrogens is 3. The second kappa shape index (κ2) is 13.6. The number of piperidine rings is 1. The molecule has 2 saturated heterocycles. The van der Waals surface area contributed by atoms with Gasteiger partial charge in [0.2, 0.25) is 0 Å². The molecule has 2 fully saturated rings. The molecule has 0 saturated carbocycles. The van der Waals surface area contributed by atoms with Gasteiger partial charge in [0.05, 0.1) is 54.2 Å². The van der Waals surface area contributed by atoms with E-state index in [1.165, 1.54) is 0 Å². The quantitative estimate of drug-likeness (QED) is 0.213. The Balaban J connectivity index is 1.13. The van der Waals surface area contributed by atoms with Crippen molar-refractivity contribution in [2.75, 3.05) is 43.8 Å². The van der Waals surface area contributed by atoms with Gasteiger partial charge in [-0.2, -0.15) is 8.42 Å². The molecule has 13 nitrogen and oxygen atoms in total. The maximum absolute atomic E-state index is 12.6. The third-order valence-corrected chi connectivity index (χ3v) is 11.3. The lowest BCUT2D eigenvalue weighted by Crippen LogP contribution is -2.41. The Morgan fingerprint density at radius 3 is 2.57 bits per heavy atom. The number of hydrogen-bond acceptors (Lipinski definition) is 10. The van der Waals surface area contributed by atoms with Gasteiger partial charge in [-0.25, -0.2) is 14.4 Å². The van der Waals surface area contributed by atoms with Crippen LogP contribution in [0.5, 0.6) is 11.5 Å². The molecule has 0 bridgehead atoms. The van der Waals surface area contributed by atoms with Crippen molar-refractivity contribution in [3.63, 3.8) is 0 Å². The SMILES string of the molecule is CCOC(=O)CN(c1ccc2nc(CN3CCC(c4cccc5c4O[C@@](C)(c4ccc(Cl)cn4)O5)CC3)n([C@@H]3COCC3(C)C)c2c1)S(N)(=O)=O. The highest BCUT2D eigenvalue weighted by Crippen LogP contribution is 2.49. The van der Waals surface area contributed by atoms with Crippen LogP contribution in [0, 0.1) is 5.41 Å². The van der Waals surface area contributed by atoms with Crippen LogP contribution in [0.4, 0.5) is 5.69 Å². The summed E-state index contributed by atoms with van der Waals surface area (Å²) in [6.45, 7) is 10.8. The van der Waals surface area contributed by atoms with Crippen molar-refractivity contribution in [1.29, 1.82) is 0 Å². The van der Waals surface area contributed by atoms with Crippen LogP contribution in [0.15, 0.2) is 54.7 Å². The summed E-state index contributed by atoms with van der Waals surface area (Å²) in [4.78, 5) is 24.3. The highest BCUT2D eigenvalue weighted by molar-refractivity contribution is 7.90. The first-order valence-electron chi connectivity index (χ1n) is 17.2. The fraction of sp³-hybridized carbons (Fsp3) is 0.472. The number of esters is 1. The average Bonchev–Trinajstić information content (AvgIpc) is 3.74. The van der Waals surface area contributed by atoms with Gasteiger partial charge < -0.3 is 23.5 Å². The summed E-state index contributed by atoms with van der Waals surface area (Å²) in [6, 6.07) is 14.7. The summed E-state index contributed by atoms with van der Waals surface area (Å²) in [5.74, 6) is 0.846. The molecular weight excluding hydrogens is 696 g/mol. The lowest BCUT2D eigenvalue weighted by molar-refractivity contribution is -0.141. The van der Waals surface area contributed by atoms with Crippen LogP contribution in [0.25, 0.3) is 11.0 Å². The van der Waals surface area contributed by atoms with Crippen LogP contribution < -0.4 is 18.9 Å². The fourth-order valence-corrected chi connectivity index (χ4v) is 8.20. The molecule has 0 unspecified atom stereocenters. The number of benzene rings is 2. The van der Waals surface area contributed by atoms with E-state index in [2.05, 4.69) is 34.4 Å². The van der Waals surface area contributed by atoms with Crippen molar-refractivity contribution < 1.29 is 32.2 Å². The van der Waals surface area contributed by atoms with Gasteiger partial charge in [-0.05, 0) is 75.2 Å². The van der Waals surface area contributed by atoms with Gasteiger partial charge in [-0.3, -0.25) is 14.7 Å². The van der Waals surface area contributed by atoms with Crippen LogP contribution in [0.1, 0.15) is 69.6 Å². The molecule has 0 aliphatic carbocycles. The van der Waals surface area contributed by atoms with Crippen molar-refractivity contribution in [1.82, 2.24) is 19.4 Å². The number of nitrogens with two attached hydrogens (primary N) is 1. The molecule has 2 aromatic heterocycles. The monoisotopic (exact) mass is 738 g/mol. The molecule has 272 valence electrons. The summed E-state index contributed by atoms with van der Waals surface area (Å²) in [7, 11) is -4.28. The molecule has 2 atom stereocenters. The predicted octanol–water partition coefficient (Wildman–Crippen LogP) is 5.28. The molecule has 0 amide bonds. The molecule has 51 heavy (non-hydrogen) atoms. The minimum absolute atomic E-state index is 0.0493. The Bertz CT molecular complexity index is 2050. The fourth-order valence-electron chi connectivity index (χ4n) is 7.40. The second-order valence-electron chi connectivity index (χ2n) is 14.2. The molecule has 15 heteroatoms. The first-order valence-corrected chi connectivity index (χ1v) is 19.0. The molecular formula is C36H43ClN6O7S. The Morgan fingerprint density at radius 2 is 1.90 bits per heavy atom. The lowest BCUT2D eigenvalue weighted by Gasteiger charge is -2.34. The number of carbonyl (C=O) groups excluding carboxylic acids is 1. The van der Waals surface area contributed by atoms with E-state index in [-0.39, 0.29) is 29.7 Å². The number of hydrogen-bond donors (Lipinski definition) is 1. The number of nitrogens with zero attached hydrogens (tertiary/aromatic N) is 5. The van der Waals surface area contributed by atoms with E-state index in [1.807, 2.05) is 25.1 Å². The number of carbonyl (C=O) groups is 1. The maximum Gasteiger partial charge on any atom is 0.326 e. The number of halogens is 1. The summed E-state index contributed by atoms with van der Waals surface area (Å²) in [5.41, 5.74) is 3.28. The van der Waals surface area contributed by atoms with Crippen LogP contribution >= 0.6 is 11.6 Å². The summed E-state index contributed by atoms with van der Waals surface area (Å²) < 4.78 is 52.1. The number of para-hydroxylation sites is 1. The average molecular weight is 739 g/mol. The molecule has 5 heterocycles. The van der Waals surface area contributed by atoms with Gasteiger partial charge in [-0.15, -0.1) is 0 Å². The molecule has 3 aliphatic heterocycles. The van der Waals surface area contributed by atoms with E-state index in [4.69, 9.17) is 40.7 Å². The lowest BCUT2D eigenvalue weighted by atomic mass is 9.87. The molecule has 4 aromatic rings. The zero-order valence-electron chi connectivity index (χ0n) is 29.2. The summed E-state index contributed by atoms with van der Waals surface area (Å²) in [6.07, 6.45) is 3.42. The number of ether oxygens (including phenoxy) is 4. The van der Waals surface area contributed by atoms with E-state index in [1.54, 1.807) is 37.4 Å². The Morgan fingerprint density at radius 1 is 1.12 bits per heavy atom. The van der Waals surface area contributed by atoms with Crippen LogP contribution in [0.3, 0.4) is 0 Å². The van der Waals surface area contributed by atoms with Crippen molar-refractivity contribution >= 4 is 44.5 Å². The van der Waals surface area contributed by atoms with Crippen LogP contribution in [-0.4, -0.2) is 73.3 Å². The highest BCUT2D eigenvalue weighted by Gasteiger charge is 2.43. The van der Waals surface area contributed by atoms with E-state index >= 15 is 0 Å². The largest absolute Gasteiger partial charge is 0.465 e. The van der Waals surface area contributed by atoms with Crippen molar-refractivity contribution in [2.45, 2.75) is 64.8 Å². The number of rotatable bonds is 10. The molecule has 2 aromatic carbocycles. The van der Waals surface area contributed by atoms with Gasteiger partial charge in [0.1, 0.15) is 18.1 Å². The second-order valence-corrected chi connectivity index (χ2v) is 16.1. The highest BCUT2D eigenvalue weighted by atomic mass is 35.5. The Kier molecular flexibility index (Phi) is 9.42. The number of pyridine rings is 1. The first-order chi connectivity index (χ1) is 24.3. The van der Waals surface area contributed by atoms with Gasteiger partial charge in [-0.1, -0.05) is 37.6 Å². The molecule has 0 spiro atoms. The minimum Gasteiger partial charge on any atom is -0.465 e. The zero-order chi connectivity index (χ0) is 36.1. The molecule has 7 rings (SSSR count). The summed E-state index contributed by atoms with van der Waals surface area (Å²) in [5, 5.41) is 6.13. The van der Waals surface area contributed by atoms with Crippen LogP contribution in [0.2, 0.25) is 5.02 Å². The van der Waals surface area contributed by atoms with Gasteiger partial charge in [0.15, 0.2) is 11.5 Å².